The molecule has 0 aliphatic carbocycles. The fourth-order valence-electron chi connectivity index (χ4n) is 1.13. The third-order valence-corrected chi connectivity index (χ3v) is 1.91. The van der Waals surface area contributed by atoms with E-state index in [-0.39, 0.29) is 6.01 Å². The molecule has 0 fully saturated rings. The molecule has 1 heterocycles. The van der Waals surface area contributed by atoms with Crippen LogP contribution < -0.4 is 10.5 Å². The lowest BCUT2D eigenvalue weighted by Crippen LogP contribution is -1.98. The summed E-state index contributed by atoms with van der Waals surface area (Å²) in [6.07, 6.45) is 0. The number of anilines is 1. The first-order valence-electron chi connectivity index (χ1n) is 4.40. The van der Waals surface area contributed by atoms with Gasteiger partial charge in [0.1, 0.15) is 11.8 Å². The number of hydrogen-bond acceptors (Lipinski definition) is 6. The SMILES string of the molecule is Cn1nnnc1Oc1ccc(N)cc1C#N. The fourth-order valence-corrected chi connectivity index (χ4v) is 1.13. The van der Waals surface area contributed by atoms with Crippen LogP contribution in [0.5, 0.6) is 11.8 Å². The molecule has 0 amide bonds. The number of ether oxygens (including phenoxy) is 1. The number of hydrogen-bond donors (Lipinski definition) is 1. The molecular formula is C9H8N6O. The standard InChI is InChI=1S/C9H8N6O/c1-15-9(12-13-14-15)16-8-3-2-7(11)4-6(8)5-10/h2-4H,11H2,1H3. The number of nitrogens with two attached hydrogens (primary N) is 1. The summed E-state index contributed by atoms with van der Waals surface area (Å²) in [7, 11) is 1.64. The Hall–Kier alpha value is -2.62. The van der Waals surface area contributed by atoms with Gasteiger partial charge in [0.25, 0.3) is 0 Å². The van der Waals surface area contributed by atoms with E-state index in [9.17, 15) is 0 Å². The van der Waals surface area contributed by atoms with Crippen molar-refractivity contribution in [2.45, 2.75) is 0 Å². The molecule has 80 valence electrons. The van der Waals surface area contributed by atoms with Gasteiger partial charge in [0.2, 0.25) is 0 Å². The van der Waals surface area contributed by atoms with Crippen LogP contribution in [0.4, 0.5) is 5.69 Å². The summed E-state index contributed by atoms with van der Waals surface area (Å²) in [5.74, 6) is 0.370. The highest BCUT2D eigenvalue weighted by atomic mass is 16.5. The largest absolute Gasteiger partial charge is 0.422 e. The topological polar surface area (TPSA) is 103 Å². The predicted molar refractivity (Wildman–Crippen MR) is 54.4 cm³/mol. The van der Waals surface area contributed by atoms with Crippen LogP contribution in [-0.2, 0) is 7.05 Å². The van der Waals surface area contributed by atoms with Crippen LogP contribution in [0.2, 0.25) is 0 Å². The van der Waals surface area contributed by atoms with E-state index in [1.165, 1.54) is 10.7 Å². The number of rotatable bonds is 2. The maximum Gasteiger partial charge on any atom is 0.340 e. The van der Waals surface area contributed by atoms with Crippen molar-refractivity contribution in [1.29, 1.82) is 5.26 Å². The highest BCUT2D eigenvalue weighted by Gasteiger charge is 2.09. The minimum absolute atomic E-state index is 0.210. The summed E-state index contributed by atoms with van der Waals surface area (Å²) in [5.41, 5.74) is 6.39. The molecule has 0 saturated heterocycles. The first-order chi connectivity index (χ1) is 7.70. The van der Waals surface area contributed by atoms with Crippen molar-refractivity contribution in [1.82, 2.24) is 20.2 Å². The van der Waals surface area contributed by atoms with Gasteiger partial charge in [-0.05, 0) is 28.6 Å². The number of aryl methyl sites for hydroxylation is 1. The minimum atomic E-state index is 0.210. The van der Waals surface area contributed by atoms with E-state index in [1.807, 2.05) is 6.07 Å². The van der Waals surface area contributed by atoms with Crippen LogP contribution in [0.25, 0.3) is 0 Å². The van der Waals surface area contributed by atoms with Gasteiger partial charge in [0.15, 0.2) is 0 Å². The Morgan fingerprint density at radius 3 is 2.94 bits per heavy atom. The summed E-state index contributed by atoms with van der Waals surface area (Å²) >= 11 is 0. The zero-order valence-electron chi connectivity index (χ0n) is 8.45. The summed E-state index contributed by atoms with van der Waals surface area (Å²) in [5, 5.41) is 19.6. The molecule has 16 heavy (non-hydrogen) atoms. The van der Waals surface area contributed by atoms with E-state index < -0.39 is 0 Å². The lowest BCUT2D eigenvalue weighted by Gasteiger charge is -2.05. The van der Waals surface area contributed by atoms with Gasteiger partial charge in [0, 0.05) is 12.7 Å². The van der Waals surface area contributed by atoms with E-state index in [4.69, 9.17) is 15.7 Å². The average Bonchev–Trinajstić information content (AvgIpc) is 2.67. The maximum atomic E-state index is 8.90. The Labute approximate surface area is 91.0 Å². The van der Waals surface area contributed by atoms with Gasteiger partial charge in [0.05, 0.1) is 5.56 Å². The van der Waals surface area contributed by atoms with Crippen molar-refractivity contribution in [2.24, 2.45) is 7.05 Å². The third kappa shape index (κ3) is 1.76. The molecule has 0 atom stereocenters. The van der Waals surface area contributed by atoms with Crippen molar-refractivity contribution in [2.75, 3.05) is 5.73 Å². The van der Waals surface area contributed by atoms with E-state index in [0.717, 1.165) is 0 Å². The molecule has 2 aromatic rings. The van der Waals surface area contributed by atoms with E-state index in [2.05, 4.69) is 15.5 Å². The number of nitrogen functional groups attached to an aromatic ring is 1. The Morgan fingerprint density at radius 2 is 2.31 bits per heavy atom. The van der Waals surface area contributed by atoms with Crippen LogP contribution in [0.1, 0.15) is 5.56 Å². The average molecular weight is 216 g/mol. The first-order valence-corrected chi connectivity index (χ1v) is 4.40. The van der Waals surface area contributed by atoms with Gasteiger partial charge in [-0.15, -0.1) is 0 Å². The minimum Gasteiger partial charge on any atom is -0.422 e. The van der Waals surface area contributed by atoms with Crippen LogP contribution in [0, 0.1) is 11.3 Å². The van der Waals surface area contributed by atoms with Gasteiger partial charge in [-0.25, -0.2) is 0 Å². The molecule has 0 aliphatic heterocycles. The Kier molecular flexibility index (Phi) is 2.39. The molecule has 1 aromatic carbocycles. The number of tetrazole rings is 1. The summed E-state index contributed by atoms with van der Waals surface area (Å²) in [6, 6.07) is 6.96. The first kappa shape index (κ1) is 9.92. The predicted octanol–water partition coefficient (Wildman–Crippen LogP) is 0.456. The third-order valence-electron chi connectivity index (χ3n) is 1.91. The molecule has 2 N–H and O–H groups in total. The van der Waals surface area contributed by atoms with Gasteiger partial charge >= 0.3 is 6.01 Å². The normalized spacial score (nSPS) is 9.75. The van der Waals surface area contributed by atoms with Gasteiger partial charge in [-0.2, -0.15) is 9.94 Å². The van der Waals surface area contributed by atoms with Gasteiger partial charge in [-0.1, -0.05) is 5.10 Å². The molecule has 7 heteroatoms. The van der Waals surface area contributed by atoms with Crippen LogP contribution >= 0.6 is 0 Å². The highest BCUT2D eigenvalue weighted by Crippen LogP contribution is 2.24. The summed E-state index contributed by atoms with van der Waals surface area (Å²) < 4.78 is 6.73. The number of benzene rings is 1. The molecular weight excluding hydrogens is 208 g/mol. The van der Waals surface area contributed by atoms with E-state index in [1.54, 1.807) is 19.2 Å². The van der Waals surface area contributed by atoms with Crippen molar-refractivity contribution in [3.05, 3.63) is 23.8 Å². The van der Waals surface area contributed by atoms with Crippen LogP contribution in [-0.4, -0.2) is 20.2 Å². The molecule has 0 radical (unpaired) electrons. The summed E-state index contributed by atoms with van der Waals surface area (Å²) in [4.78, 5) is 0. The Morgan fingerprint density at radius 1 is 1.50 bits per heavy atom. The Bertz CT molecular complexity index is 555. The molecule has 0 aliphatic rings. The summed E-state index contributed by atoms with van der Waals surface area (Å²) in [6.45, 7) is 0. The molecule has 0 unspecified atom stereocenters. The zero-order valence-corrected chi connectivity index (χ0v) is 8.45. The molecule has 0 saturated carbocycles. The van der Waals surface area contributed by atoms with Crippen molar-refractivity contribution >= 4 is 5.69 Å². The van der Waals surface area contributed by atoms with Gasteiger partial charge < -0.3 is 10.5 Å². The maximum absolute atomic E-state index is 8.90. The molecule has 0 bridgehead atoms. The highest BCUT2D eigenvalue weighted by molar-refractivity contribution is 5.53. The second-order valence-corrected chi connectivity index (χ2v) is 3.05. The molecule has 1 aromatic heterocycles. The monoisotopic (exact) mass is 216 g/mol. The zero-order chi connectivity index (χ0) is 11.5. The van der Waals surface area contributed by atoms with Crippen LogP contribution in [0.15, 0.2) is 18.2 Å². The lowest BCUT2D eigenvalue weighted by molar-refractivity contribution is 0.413. The second kappa shape index (κ2) is 3.86. The quantitative estimate of drug-likeness (QED) is 0.731. The van der Waals surface area contributed by atoms with Crippen molar-refractivity contribution in [3.8, 4) is 17.8 Å². The van der Waals surface area contributed by atoms with Crippen LogP contribution in [0.3, 0.4) is 0 Å². The fraction of sp³-hybridized carbons (Fsp3) is 0.111. The molecule has 2 rings (SSSR count). The smallest absolute Gasteiger partial charge is 0.340 e. The molecule has 0 spiro atoms. The van der Waals surface area contributed by atoms with Gasteiger partial charge in [-0.3, -0.25) is 0 Å². The lowest BCUT2D eigenvalue weighted by atomic mass is 10.2. The molecule has 7 nitrogen and oxygen atoms in total. The Balaban J connectivity index is 2.36. The van der Waals surface area contributed by atoms with E-state index >= 15 is 0 Å². The second-order valence-electron chi connectivity index (χ2n) is 3.05. The van der Waals surface area contributed by atoms with Crippen molar-refractivity contribution in [3.63, 3.8) is 0 Å². The van der Waals surface area contributed by atoms with Crippen molar-refractivity contribution < 1.29 is 4.74 Å². The van der Waals surface area contributed by atoms with E-state index in [0.29, 0.717) is 17.0 Å². The number of aromatic nitrogens is 4. The number of nitriles is 1. The number of nitrogens with zero attached hydrogens (tertiary/aromatic N) is 5.